The van der Waals surface area contributed by atoms with Crippen LogP contribution >= 0.6 is 0 Å². The van der Waals surface area contributed by atoms with Crippen LogP contribution in [-0.2, 0) is 7.05 Å². The second-order valence-corrected chi connectivity index (χ2v) is 7.22. The number of amides is 2. The molecule has 0 aliphatic carbocycles. The fourth-order valence-corrected chi connectivity index (χ4v) is 3.64. The summed E-state index contributed by atoms with van der Waals surface area (Å²) in [6.45, 7) is 0.906. The van der Waals surface area contributed by atoms with Crippen LogP contribution in [0.25, 0.3) is 0 Å². The molecule has 1 fully saturated rings. The normalized spacial score (nSPS) is 16.2. The standard InChI is InChI=1S/C20H20N6O5/c1-25-17(13-3-2-8-26(10-13)19(29)12-4-6-21-7-5-12)24-15(16(27)20(25)30)18(28)23-14-9-22-31-11-14/h4-7,9,11,13,27H,2-3,8,10H2,1H3,(H,23,28). The molecular weight excluding hydrogens is 404 g/mol. The third-order valence-corrected chi connectivity index (χ3v) is 5.21. The van der Waals surface area contributed by atoms with E-state index in [0.717, 1.165) is 0 Å². The van der Waals surface area contributed by atoms with Gasteiger partial charge < -0.3 is 19.8 Å². The van der Waals surface area contributed by atoms with Crippen LogP contribution in [0.1, 0.15) is 45.4 Å². The van der Waals surface area contributed by atoms with Crippen LogP contribution in [-0.4, -0.2) is 54.6 Å². The smallest absolute Gasteiger partial charge is 0.296 e. The molecular formula is C20H20N6O5. The number of aromatic nitrogens is 4. The first-order valence-electron chi connectivity index (χ1n) is 9.65. The number of pyridine rings is 1. The van der Waals surface area contributed by atoms with Crippen LogP contribution in [0.4, 0.5) is 5.69 Å². The second kappa shape index (κ2) is 8.38. The monoisotopic (exact) mass is 424 g/mol. The molecule has 4 rings (SSSR count). The van der Waals surface area contributed by atoms with Gasteiger partial charge in [0.05, 0.1) is 6.20 Å². The lowest BCUT2D eigenvalue weighted by atomic mass is 9.96. The summed E-state index contributed by atoms with van der Waals surface area (Å²) in [5, 5.41) is 16.2. The first-order valence-corrected chi connectivity index (χ1v) is 9.65. The summed E-state index contributed by atoms with van der Waals surface area (Å²) < 4.78 is 5.88. The van der Waals surface area contributed by atoms with Crippen molar-refractivity contribution in [1.29, 1.82) is 0 Å². The molecule has 1 aliphatic rings. The van der Waals surface area contributed by atoms with Gasteiger partial charge in [0.25, 0.3) is 17.4 Å². The van der Waals surface area contributed by atoms with Crippen LogP contribution < -0.4 is 10.9 Å². The number of rotatable bonds is 4. The Labute approximate surface area is 176 Å². The van der Waals surface area contributed by atoms with E-state index in [1.165, 1.54) is 24.1 Å². The predicted molar refractivity (Wildman–Crippen MR) is 108 cm³/mol. The lowest BCUT2D eigenvalue weighted by Crippen LogP contribution is -2.41. The maximum absolute atomic E-state index is 12.8. The van der Waals surface area contributed by atoms with Gasteiger partial charge in [-0.3, -0.25) is 23.9 Å². The molecule has 2 N–H and O–H groups in total. The number of anilines is 1. The van der Waals surface area contributed by atoms with Gasteiger partial charge in [0.1, 0.15) is 17.8 Å². The van der Waals surface area contributed by atoms with Gasteiger partial charge in [-0.05, 0) is 25.0 Å². The Morgan fingerprint density at radius 1 is 1.29 bits per heavy atom. The van der Waals surface area contributed by atoms with Crippen molar-refractivity contribution in [3.05, 3.63) is 64.4 Å². The summed E-state index contributed by atoms with van der Waals surface area (Å²) in [6, 6.07) is 3.29. The molecule has 1 aliphatic heterocycles. The number of nitrogens with zero attached hydrogens (tertiary/aromatic N) is 5. The molecule has 3 aromatic heterocycles. The maximum Gasteiger partial charge on any atom is 0.296 e. The number of piperidine rings is 1. The Balaban J connectivity index is 1.62. The first kappa shape index (κ1) is 20.3. The Morgan fingerprint density at radius 2 is 2.06 bits per heavy atom. The van der Waals surface area contributed by atoms with Crippen molar-refractivity contribution in [2.75, 3.05) is 18.4 Å². The fourth-order valence-electron chi connectivity index (χ4n) is 3.64. The summed E-state index contributed by atoms with van der Waals surface area (Å²) in [5.41, 5.74) is -0.341. The highest BCUT2D eigenvalue weighted by Gasteiger charge is 2.30. The van der Waals surface area contributed by atoms with Gasteiger partial charge in [-0.2, -0.15) is 0 Å². The molecule has 0 bridgehead atoms. The van der Waals surface area contributed by atoms with E-state index in [-0.39, 0.29) is 17.5 Å². The predicted octanol–water partition coefficient (Wildman–Crippen LogP) is 1.14. The number of likely N-dealkylation sites (tertiary alicyclic amines) is 1. The van der Waals surface area contributed by atoms with Crippen LogP contribution in [0.15, 0.2) is 46.3 Å². The zero-order chi connectivity index (χ0) is 22.0. The van der Waals surface area contributed by atoms with Crippen LogP contribution in [0.3, 0.4) is 0 Å². The summed E-state index contributed by atoms with van der Waals surface area (Å²) in [7, 11) is 1.48. The molecule has 0 saturated carbocycles. The van der Waals surface area contributed by atoms with E-state index >= 15 is 0 Å². The molecule has 1 unspecified atom stereocenters. The Bertz CT molecular complexity index is 1160. The number of nitrogens with one attached hydrogen (secondary N) is 1. The molecule has 11 heteroatoms. The number of hydrogen-bond donors (Lipinski definition) is 2. The molecule has 1 saturated heterocycles. The minimum absolute atomic E-state index is 0.138. The lowest BCUT2D eigenvalue weighted by Gasteiger charge is -2.33. The van der Waals surface area contributed by atoms with Gasteiger partial charge >= 0.3 is 0 Å². The Kier molecular flexibility index (Phi) is 5.48. The highest BCUT2D eigenvalue weighted by atomic mass is 16.5. The lowest BCUT2D eigenvalue weighted by molar-refractivity contribution is 0.0702. The largest absolute Gasteiger partial charge is 0.501 e. The molecule has 2 amide bonds. The summed E-state index contributed by atoms with van der Waals surface area (Å²) in [5.74, 6) is -1.60. The topological polar surface area (TPSA) is 143 Å². The maximum atomic E-state index is 12.8. The van der Waals surface area contributed by atoms with Crippen molar-refractivity contribution in [2.24, 2.45) is 7.05 Å². The molecule has 0 aromatic carbocycles. The average Bonchev–Trinajstić information content (AvgIpc) is 3.31. The second-order valence-electron chi connectivity index (χ2n) is 7.22. The third kappa shape index (κ3) is 4.02. The molecule has 3 aromatic rings. The minimum atomic E-state index is -0.764. The van der Waals surface area contributed by atoms with Crippen LogP contribution in [0, 0.1) is 0 Å². The number of aromatic hydroxyl groups is 1. The SMILES string of the molecule is Cn1c(C2CCCN(C(=O)c3ccncc3)C2)nc(C(=O)Nc2cnoc2)c(O)c1=O. The van der Waals surface area contributed by atoms with Crippen LogP contribution in [0.5, 0.6) is 5.75 Å². The van der Waals surface area contributed by atoms with Crippen molar-refractivity contribution in [3.63, 3.8) is 0 Å². The van der Waals surface area contributed by atoms with E-state index in [1.807, 2.05) is 0 Å². The van der Waals surface area contributed by atoms with Gasteiger partial charge in [0, 0.05) is 44.0 Å². The van der Waals surface area contributed by atoms with Gasteiger partial charge in [-0.1, -0.05) is 5.16 Å². The van der Waals surface area contributed by atoms with E-state index in [2.05, 4.69) is 25.0 Å². The zero-order valence-electron chi connectivity index (χ0n) is 16.7. The van der Waals surface area contributed by atoms with Crippen molar-refractivity contribution < 1.29 is 19.2 Å². The van der Waals surface area contributed by atoms with E-state index in [9.17, 15) is 19.5 Å². The molecule has 31 heavy (non-hydrogen) atoms. The first-order chi connectivity index (χ1) is 15.0. The van der Waals surface area contributed by atoms with Gasteiger partial charge in [0.2, 0.25) is 5.75 Å². The third-order valence-electron chi connectivity index (χ3n) is 5.21. The van der Waals surface area contributed by atoms with Crippen molar-refractivity contribution in [2.45, 2.75) is 18.8 Å². The van der Waals surface area contributed by atoms with Gasteiger partial charge in [-0.15, -0.1) is 0 Å². The summed E-state index contributed by atoms with van der Waals surface area (Å²) in [4.78, 5) is 47.9. The molecule has 1 atom stereocenters. The quantitative estimate of drug-likeness (QED) is 0.635. The van der Waals surface area contributed by atoms with Crippen LogP contribution in [0.2, 0.25) is 0 Å². The van der Waals surface area contributed by atoms with Crippen molar-refractivity contribution in [3.8, 4) is 5.75 Å². The van der Waals surface area contributed by atoms with E-state index < -0.39 is 22.9 Å². The Hall–Kier alpha value is -4.02. The molecule has 4 heterocycles. The zero-order valence-corrected chi connectivity index (χ0v) is 16.7. The van der Waals surface area contributed by atoms with Crippen molar-refractivity contribution >= 4 is 17.5 Å². The minimum Gasteiger partial charge on any atom is -0.501 e. The molecule has 0 radical (unpaired) electrons. The molecule has 160 valence electrons. The van der Waals surface area contributed by atoms with Gasteiger partial charge in [0.15, 0.2) is 5.69 Å². The number of carbonyl (C=O) groups excluding carboxylic acids is 2. The average molecular weight is 424 g/mol. The van der Waals surface area contributed by atoms with Crippen molar-refractivity contribution in [1.82, 2.24) is 24.6 Å². The summed E-state index contributed by atoms with van der Waals surface area (Å²) in [6.07, 6.45) is 6.99. The Morgan fingerprint density at radius 3 is 2.77 bits per heavy atom. The highest BCUT2D eigenvalue weighted by molar-refractivity contribution is 6.04. The van der Waals surface area contributed by atoms with Gasteiger partial charge in [-0.25, -0.2) is 4.98 Å². The number of hydrogen-bond acceptors (Lipinski definition) is 8. The summed E-state index contributed by atoms with van der Waals surface area (Å²) >= 11 is 0. The highest BCUT2D eigenvalue weighted by Crippen LogP contribution is 2.27. The fraction of sp³-hybridized carbons (Fsp3) is 0.300. The molecule has 11 nitrogen and oxygen atoms in total. The van der Waals surface area contributed by atoms with E-state index in [1.54, 1.807) is 29.4 Å². The van der Waals surface area contributed by atoms with E-state index in [4.69, 9.17) is 0 Å². The number of carbonyl (C=O) groups is 2. The molecule has 0 spiro atoms. The van der Waals surface area contributed by atoms with E-state index in [0.29, 0.717) is 37.3 Å².